The molecule has 19 heavy (non-hydrogen) atoms. The van der Waals surface area contributed by atoms with Gasteiger partial charge < -0.3 is 15.5 Å². The van der Waals surface area contributed by atoms with Crippen LogP contribution < -0.4 is 11.1 Å². The SMILES string of the molecule is NCC#Cc1ccccc1NC(=O)c1ccc(Cl)o1. The van der Waals surface area contributed by atoms with Gasteiger partial charge in [0.1, 0.15) is 0 Å². The summed E-state index contributed by atoms with van der Waals surface area (Å²) in [4.78, 5) is 11.9. The molecule has 4 nitrogen and oxygen atoms in total. The third kappa shape index (κ3) is 3.38. The fraction of sp³-hybridized carbons (Fsp3) is 0.0714. The number of carbonyl (C=O) groups excluding carboxylic acids is 1. The van der Waals surface area contributed by atoms with Crippen LogP contribution in [0.2, 0.25) is 5.22 Å². The molecule has 1 aromatic carbocycles. The van der Waals surface area contributed by atoms with E-state index in [9.17, 15) is 4.79 Å². The minimum absolute atomic E-state index is 0.145. The third-order valence-corrected chi connectivity index (χ3v) is 2.50. The van der Waals surface area contributed by atoms with E-state index in [1.54, 1.807) is 18.2 Å². The zero-order valence-corrected chi connectivity index (χ0v) is 10.7. The summed E-state index contributed by atoms with van der Waals surface area (Å²) >= 11 is 5.62. The zero-order chi connectivity index (χ0) is 13.7. The molecule has 0 bridgehead atoms. The lowest BCUT2D eigenvalue weighted by Crippen LogP contribution is -2.11. The monoisotopic (exact) mass is 274 g/mol. The number of nitrogens with two attached hydrogens (primary N) is 1. The second-order valence-electron chi connectivity index (χ2n) is 3.61. The maximum Gasteiger partial charge on any atom is 0.291 e. The van der Waals surface area contributed by atoms with Gasteiger partial charge in [-0.05, 0) is 35.9 Å². The van der Waals surface area contributed by atoms with E-state index >= 15 is 0 Å². The molecule has 0 unspecified atom stereocenters. The molecule has 0 aliphatic carbocycles. The Hall–Kier alpha value is -2.22. The van der Waals surface area contributed by atoms with Crippen LogP contribution in [0.5, 0.6) is 0 Å². The average molecular weight is 275 g/mol. The van der Waals surface area contributed by atoms with Crippen LogP contribution in [0.4, 0.5) is 5.69 Å². The largest absolute Gasteiger partial charge is 0.440 e. The second kappa shape index (κ2) is 6.10. The van der Waals surface area contributed by atoms with Gasteiger partial charge in [0.05, 0.1) is 12.2 Å². The van der Waals surface area contributed by atoms with Crippen molar-refractivity contribution in [2.45, 2.75) is 0 Å². The lowest BCUT2D eigenvalue weighted by molar-refractivity contribution is 0.0996. The molecule has 0 fully saturated rings. The molecule has 3 N–H and O–H groups in total. The van der Waals surface area contributed by atoms with Gasteiger partial charge >= 0.3 is 0 Å². The van der Waals surface area contributed by atoms with Crippen LogP contribution in [0.25, 0.3) is 0 Å². The Labute approximate surface area is 115 Å². The molecule has 1 aromatic heterocycles. The van der Waals surface area contributed by atoms with Crippen molar-refractivity contribution in [3.05, 3.63) is 52.9 Å². The summed E-state index contributed by atoms with van der Waals surface area (Å²) in [6.45, 7) is 0.260. The molecule has 1 amide bonds. The number of hydrogen-bond acceptors (Lipinski definition) is 3. The molecule has 5 heteroatoms. The maximum atomic E-state index is 11.9. The predicted octanol–water partition coefficient (Wildman–Crippen LogP) is 2.50. The zero-order valence-electron chi connectivity index (χ0n) is 9.94. The van der Waals surface area contributed by atoms with E-state index in [-0.39, 0.29) is 23.4 Å². The van der Waals surface area contributed by atoms with Crippen LogP contribution >= 0.6 is 11.6 Å². The number of furan rings is 1. The van der Waals surface area contributed by atoms with Crippen LogP contribution in [0.3, 0.4) is 0 Å². The number of hydrogen-bond donors (Lipinski definition) is 2. The van der Waals surface area contributed by atoms with Gasteiger partial charge in [0.25, 0.3) is 5.91 Å². The molecule has 1 heterocycles. The van der Waals surface area contributed by atoms with Gasteiger partial charge in [-0.2, -0.15) is 0 Å². The second-order valence-corrected chi connectivity index (χ2v) is 3.98. The Morgan fingerprint density at radius 2 is 2.11 bits per heavy atom. The Bertz CT molecular complexity index is 653. The minimum atomic E-state index is -0.381. The van der Waals surface area contributed by atoms with Gasteiger partial charge in [0, 0.05) is 5.56 Å². The van der Waals surface area contributed by atoms with E-state index in [0.717, 1.165) is 0 Å². The van der Waals surface area contributed by atoms with E-state index < -0.39 is 0 Å². The molecule has 0 saturated carbocycles. The number of rotatable bonds is 2. The standard InChI is InChI=1S/C14H11ClN2O2/c15-13-8-7-12(19-13)14(18)17-11-6-2-1-4-10(11)5-3-9-16/h1-2,4,6-8H,9,16H2,(H,17,18). The van der Waals surface area contributed by atoms with Crippen molar-refractivity contribution in [1.29, 1.82) is 0 Å². The van der Waals surface area contributed by atoms with E-state index in [1.165, 1.54) is 12.1 Å². The van der Waals surface area contributed by atoms with Crippen LogP contribution in [0.1, 0.15) is 16.1 Å². The van der Waals surface area contributed by atoms with Gasteiger partial charge in [-0.3, -0.25) is 4.79 Å². The average Bonchev–Trinajstić information content (AvgIpc) is 2.84. The highest BCUT2D eigenvalue weighted by Crippen LogP contribution is 2.17. The summed E-state index contributed by atoms with van der Waals surface area (Å²) in [6, 6.07) is 10.2. The smallest absolute Gasteiger partial charge is 0.291 e. The maximum absolute atomic E-state index is 11.9. The Morgan fingerprint density at radius 1 is 1.32 bits per heavy atom. The molecular formula is C14H11ClN2O2. The molecule has 0 aliphatic rings. The number of amides is 1. The quantitative estimate of drug-likeness (QED) is 0.827. The number of anilines is 1. The topological polar surface area (TPSA) is 68.3 Å². The molecule has 2 rings (SSSR count). The molecule has 0 aliphatic heterocycles. The van der Waals surface area contributed by atoms with E-state index in [2.05, 4.69) is 17.2 Å². The molecular weight excluding hydrogens is 264 g/mol. The minimum Gasteiger partial charge on any atom is -0.440 e. The van der Waals surface area contributed by atoms with Gasteiger partial charge in [0.2, 0.25) is 0 Å². The van der Waals surface area contributed by atoms with Crippen molar-refractivity contribution in [3.8, 4) is 11.8 Å². The summed E-state index contributed by atoms with van der Waals surface area (Å²) in [6.07, 6.45) is 0. The number of para-hydroxylation sites is 1. The van der Waals surface area contributed by atoms with Crippen molar-refractivity contribution in [2.75, 3.05) is 11.9 Å². The predicted molar refractivity (Wildman–Crippen MR) is 74.0 cm³/mol. The first-order valence-corrected chi connectivity index (χ1v) is 5.93. The van der Waals surface area contributed by atoms with Crippen molar-refractivity contribution < 1.29 is 9.21 Å². The lowest BCUT2D eigenvalue weighted by atomic mass is 10.2. The first-order valence-electron chi connectivity index (χ1n) is 5.55. The molecule has 0 radical (unpaired) electrons. The van der Waals surface area contributed by atoms with Gasteiger partial charge in [-0.15, -0.1) is 0 Å². The fourth-order valence-corrected chi connectivity index (χ4v) is 1.61. The molecule has 0 saturated heterocycles. The first-order chi connectivity index (χ1) is 9.20. The summed E-state index contributed by atoms with van der Waals surface area (Å²) in [5.41, 5.74) is 6.62. The molecule has 0 spiro atoms. The van der Waals surface area contributed by atoms with Crippen LogP contribution in [0.15, 0.2) is 40.8 Å². The summed E-state index contributed by atoms with van der Waals surface area (Å²) in [5.74, 6) is 5.40. The molecule has 0 atom stereocenters. The van der Waals surface area contributed by atoms with E-state index in [4.69, 9.17) is 21.8 Å². The van der Waals surface area contributed by atoms with Crippen LogP contribution in [0, 0.1) is 11.8 Å². The van der Waals surface area contributed by atoms with E-state index in [0.29, 0.717) is 11.3 Å². The van der Waals surface area contributed by atoms with Crippen LogP contribution in [-0.4, -0.2) is 12.5 Å². The Balaban J connectivity index is 2.21. The highest BCUT2D eigenvalue weighted by Gasteiger charge is 2.11. The summed E-state index contributed by atoms with van der Waals surface area (Å²) in [7, 11) is 0. The van der Waals surface area contributed by atoms with Crippen molar-refractivity contribution in [3.63, 3.8) is 0 Å². The Kier molecular flexibility index (Phi) is 4.24. The van der Waals surface area contributed by atoms with Gasteiger partial charge in [-0.25, -0.2) is 0 Å². The molecule has 2 aromatic rings. The van der Waals surface area contributed by atoms with Gasteiger partial charge in [-0.1, -0.05) is 24.0 Å². The summed E-state index contributed by atoms with van der Waals surface area (Å²) in [5, 5.41) is 2.88. The highest BCUT2D eigenvalue weighted by atomic mass is 35.5. The highest BCUT2D eigenvalue weighted by molar-refractivity contribution is 6.29. The van der Waals surface area contributed by atoms with Crippen LogP contribution in [-0.2, 0) is 0 Å². The van der Waals surface area contributed by atoms with Crippen molar-refractivity contribution >= 4 is 23.2 Å². The number of carbonyl (C=O) groups is 1. The Morgan fingerprint density at radius 3 is 2.79 bits per heavy atom. The fourth-order valence-electron chi connectivity index (χ4n) is 1.47. The summed E-state index contributed by atoms with van der Waals surface area (Å²) < 4.78 is 5.04. The molecule has 96 valence electrons. The third-order valence-electron chi connectivity index (χ3n) is 2.30. The van der Waals surface area contributed by atoms with E-state index in [1.807, 2.05) is 6.07 Å². The number of benzene rings is 1. The number of nitrogens with one attached hydrogen (secondary N) is 1. The first kappa shape index (κ1) is 13.2. The lowest BCUT2D eigenvalue weighted by Gasteiger charge is -2.05. The van der Waals surface area contributed by atoms with Crippen molar-refractivity contribution in [2.24, 2.45) is 5.73 Å². The van der Waals surface area contributed by atoms with Crippen molar-refractivity contribution in [1.82, 2.24) is 0 Å². The number of halogens is 1. The normalized spacial score (nSPS) is 9.58. The van der Waals surface area contributed by atoms with Gasteiger partial charge in [0.15, 0.2) is 11.0 Å².